The second-order valence-electron chi connectivity index (χ2n) is 5.75. The van der Waals surface area contributed by atoms with Crippen molar-refractivity contribution in [3.05, 3.63) is 89.7 Å². The molecule has 0 aliphatic carbocycles. The highest BCUT2D eigenvalue weighted by Gasteiger charge is 2.30. The lowest BCUT2D eigenvalue weighted by Crippen LogP contribution is -2.24. The standard InChI is InChI=1S/C20H16F3N3O/c21-20(22,23)14-6-5-8-15(12-14)26-18-10-2-1-9-17(18)19(27)25-13-16-7-3-4-11-24-16/h1-12,26H,13H2,(H,25,27). The van der Waals surface area contributed by atoms with Crippen molar-refractivity contribution in [3.63, 3.8) is 0 Å². The Bertz CT molecular complexity index is 927. The van der Waals surface area contributed by atoms with Gasteiger partial charge in [-0.3, -0.25) is 9.78 Å². The summed E-state index contributed by atoms with van der Waals surface area (Å²) in [5, 5.41) is 5.64. The molecule has 0 aliphatic rings. The van der Waals surface area contributed by atoms with Crippen molar-refractivity contribution in [2.75, 3.05) is 5.32 Å². The fourth-order valence-electron chi connectivity index (χ4n) is 2.49. The van der Waals surface area contributed by atoms with Crippen molar-refractivity contribution in [1.29, 1.82) is 0 Å². The molecule has 3 aromatic rings. The van der Waals surface area contributed by atoms with Crippen LogP contribution in [0.3, 0.4) is 0 Å². The molecule has 4 nitrogen and oxygen atoms in total. The van der Waals surface area contributed by atoms with Crippen molar-refractivity contribution in [1.82, 2.24) is 10.3 Å². The monoisotopic (exact) mass is 371 g/mol. The molecule has 0 bridgehead atoms. The van der Waals surface area contributed by atoms with Gasteiger partial charge in [0.1, 0.15) is 0 Å². The number of halogens is 3. The molecule has 0 saturated carbocycles. The number of benzene rings is 2. The zero-order valence-corrected chi connectivity index (χ0v) is 14.1. The van der Waals surface area contributed by atoms with Crippen LogP contribution < -0.4 is 10.6 Å². The van der Waals surface area contributed by atoms with Crippen LogP contribution in [0.2, 0.25) is 0 Å². The van der Waals surface area contributed by atoms with E-state index < -0.39 is 11.7 Å². The van der Waals surface area contributed by atoms with E-state index in [9.17, 15) is 18.0 Å². The first kappa shape index (κ1) is 18.4. The van der Waals surface area contributed by atoms with Crippen LogP contribution in [-0.2, 0) is 12.7 Å². The van der Waals surface area contributed by atoms with E-state index >= 15 is 0 Å². The van der Waals surface area contributed by atoms with Gasteiger partial charge in [0.15, 0.2) is 0 Å². The molecule has 2 N–H and O–H groups in total. The maximum absolute atomic E-state index is 12.9. The molecular formula is C20H16F3N3O. The summed E-state index contributed by atoms with van der Waals surface area (Å²) in [6.07, 6.45) is -2.80. The Morgan fingerprint density at radius 1 is 0.963 bits per heavy atom. The Kier molecular flexibility index (Phi) is 5.40. The molecule has 3 rings (SSSR count). The van der Waals surface area contributed by atoms with Crippen molar-refractivity contribution >= 4 is 17.3 Å². The molecule has 0 aliphatic heterocycles. The molecule has 0 saturated heterocycles. The van der Waals surface area contributed by atoms with Crippen molar-refractivity contribution in [2.24, 2.45) is 0 Å². The summed E-state index contributed by atoms with van der Waals surface area (Å²) in [5.41, 5.74) is 0.926. The summed E-state index contributed by atoms with van der Waals surface area (Å²) < 4.78 is 38.6. The molecule has 0 spiro atoms. The van der Waals surface area contributed by atoms with Gasteiger partial charge in [0.2, 0.25) is 0 Å². The van der Waals surface area contributed by atoms with E-state index in [4.69, 9.17) is 0 Å². The van der Waals surface area contributed by atoms with E-state index in [1.54, 1.807) is 42.6 Å². The number of amides is 1. The van der Waals surface area contributed by atoms with E-state index in [-0.39, 0.29) is 18.1 Å². The van der Waals surface area contributed by atoms with Crippen LogP contribution in [0.5, 0.6) is 0 Å². The third-order valence-electron chi connectivity index (χ3n) is 3.80. The highest BCUT2D eigenvalue weighted by molar-refractivity contribution is 6.00. The summed E-state index contributed by atoms with van der Waals surface area (Å²) in [5.74, 6) is -0.351. The minimum absolute atomic E-state index is 0.245. The number of nitrogens with zero attached hydrogens (tertiary/aromatic N) is 1. The lowest BCUT2D eigenvalue weighted by atomic mass is 10.1. The predicted molar refractivity (Wildman–Crippen MR) is 96.6 cm³/mol. The minimum Gasteiger partial charge on any atom is -0.355 e. The third kappa shape index (κ3) is 4.84. The van der Waals surface area contributed by atoms with Crippen LogP contribution in [0.25, 0.3) is 0 Å². The van der Waals surface area contributed by atoms with Crippen molar-refractivity contribution in [2.45, 2.75) is 12.7 Å². The average molecular weight is 371 g/mol. The first-order valence-electron chi connectivity index (χ1n) is 8.15. The van der Waals surface area contributed by atoms with Gasteiger partial charge in [-0.05, 0) is 42.5 Å². The van der Waals surface area contributed by atoms with Crippen LogP contribution in [-0.4, -0.2) is 10.9 Å². The van der Waals surface area contributed by atoms with Gasteiger partial charge in [-0.2, -0.15) is 13.2 Å². The summed E-state index contributed by atoms with van der Waals surface area (Å²) in [6, 6.07) is 16.8. The number of para-hydroxylation sites is 1. The normalized spacial score (nSPS) is 11.1. The Hall–Kier alpha value is -3.35. The molecular weight excluding hydrogens is 355 g/mol. The van der Waals surface area contributed by atoms with Crippen LogP contribution in [0, 0.1) is 0 Å². The summed E-state index contributed by atoms with van der Waals surface area (Å²) in [7, 11) is 0. The van der Waals surface area contributed by atoms with E-state index in [1.807, 2.05) is 6.07 Å². The number of alkyl halides is 3. The highest BCUT2D eigenvalue weighted by atomic mass is 19.4. The van der Waals surface area contributed by atoms with Gasteiger partial charge >= 0.3 is 6.18 Å². The lowest BCUT2D eigenvalue weighted by molar-refractivity contribution is -0.137. The number of carbonyl (C=O) groups excluding carboxylic acids is 1. The SMILES string of the molecule is O=C(NCc1ccccn1)c1ccccc1Nc1cccc(C(F)(F)F)c1. The second-order valence-corrected chi connectivity index (χ2v) is 5.75. The van der Waals surface area contributed by atoms with Crippen LogP contribution >= 0.6 is 0 Å². The van der Waals surface area contributed by atoms with Gasteiger partial charge < -0.3 is 10.6 Å². The van der Waals surface area contributed by atoms with Crippen molar-refractivity contribution < 1.29 is 18.0 Å². The molecule has 2 aromatic carbocycles. The van der Waals surface area contributed by atoms with Crippen molar-refractivity contribution in [3.8, 4) is 0 Å². The number of pyridine rings is 1. The zero-order valence-electron chi connectivity index (χ0n) is 14.1. The molecule has 0 atom stereocenters. The number of nitrogens with one attached hydrogen (secondary N) is 2. The van der Waals surface area contributed by atoms with E-state index in [0.29, 0.717) is 16.9 Å². The van der Waals surface area contributed by atoms with Crippen LogP contribution in [0.15, 0.2) is 72.9 Å². The van der Waals surface area contributed by atoms with Gasteiger partial charge in [-0.15, -0.1) is 0 Å². The fourth-order valence-corrected chi connectivity index (χ4v) is 2.49. The van der Waals surface area contributed by atoms with Gasteiger partial charge in [-0.25, -0.2) is 0 Å². The maximum atomic E-state index is 12.9. The molecule has 0 fully saturated rings. The van der Waals surface area contributed by atoms with Gasteiger partial charge in [0.25, 0.3) is 5.91 Å². The third-order valence-corrected chi connectivity index (χ3v) is 3.80. The van der Waals surface area contributed by atoms with Crippen LogP contribution in [0.4, 0.5) is 24.5 Å². The number of hydrogen-bond donors (Lipinski definition) is 2. The lowest BCUT2D eigenvalue weighted by Gasteiger charge is -2.14. The molecule has 1 heterocycles. The summed E-state index contributed by atoms with van der Waals surface area (Å²) in [6.45, 7) is 0.248. The summed E-state index contributed by atoms with van der Waals surface area (Å²) in [4.78, 5) is 16.6. The van der Waals surface area contributed by atoms with Crippen LogP contribution in [0.1, 0.15) is 21.6 Å². The number of hydrogen-bond acceptors (Lipinski definition) is 3. The second kappa shape index (κ2) is 7.90. The topological polar surface area (TPSA) is 54.0 Å². The molecule has 0 radical (unpaired) electrons. The van der Waals surface area contributed by atoms with E-state index in [1.165, 1.54) is 12.1 Å². The number of rotatable bonds is 5. The Morgan fingerprint density at radius 3 is 2.48 bits per heavy atom. The Labute approximate surface area is 154 Å². The molecule has 7 heteroatoms. The van der Waals surface area contributed by atoms with Gasteiger partial charge in [-0.1, -0.05) is 24.3 Å². The Morgan fingerprint density at radius 2 is 1.74 bits per heavy atom. The molecule has 1 aromatic heterocycles. The van der Waals surface area contributed by atoms with E-state index in [2.05, 4.69) is 15.6 Å². The number of aromatic nitrogens is 1. The van der Waals surface area contributed by atoms with Gasteiger partial charge in [0, 0.05) is 11.9 Å². The molecule has 27 heavy (non-hydrogen) atoms. The first-order valence-corrected chi connectivity index (χ1v) is 8.15. The maximum Gasteiger partial charge on any atom is 0.416 e. The predicted octanol–water partition coefficient (Wildman–Crippen LogP) is 4.77. The molecule has 0 unspecified atom stereocenters. The largest absolute Gasteiger partial charge is 0.416 e. The van der Waals surface area contributed by atoms with Gasteiger partial charge in [0.05, 0.1) is 29.1 Å². The number of carbonyl (C=O) groups is 1. The smallest absolute Gasteiger partial charge is 0.355 e. The van der Waals surface area contributed by atoms with E-state index in [0.717, 1.165) is 12.1 Å². The average Bonchev–Trinajstić information content (AvgIpc) is 2.67. The quantitative estimate of drug-likeness (QED) is 0.679. The fraction of sp³-hybridized carbons (Fsp3) is 0.100. The first-order chi connectivity index (χ1) is 12.9. The molecule has 1 amide bonds. The summed E-state index contributed by atoms with van der Waals surface area (Å²) >= 11 is 0. The highest BCUT2D eigenvalue weighted by Crippen LogP contribution is 2.31. The Balaban J connectivity index is 1.77. The minimum atomic E-state index is -4.43. The zero-order chi connectivity index (χ0) is 19.3. The molecule has 138 valence electrons. The number of anilines is 2.